The topological polar surface area (TPSA) is 49.2 Å². The van der Waals surface area contributed by atoms with Gasteiger partial charge in [-0.3, -0.25) is 0 Å². The van der Waals surface area contributed by atoms with Crippen molar-refractivity contribution >= 4 is 5.95 Å². The van der Waals surface area contributed by atoms with Gasteiger partial charge < -0.3 is 10.0 Å². The number of aliphatic hydroxyl groups excluding tert-OH is 1. The van der Waals surface area contributed by atoms with E-state index in [0.717, 1.165) is 11.1 Å². The van der Waals surface area contributed by atoms with E-state index in [4.69, 9.17) is 5.11 Å². The van der Waals surface area contributed by atoms with Gasteiger partial charge in [-0.05, 0) is 25.0 Å². The number of aromatic nitrogens is 2. The molecule has 0 aliphatic heterocycles. The summed E-state index contributed by atoms with van der Waals surface area (Å²) < 4.78 is 0. The van der Waals surface area contributed by atoms with Crippen LogP contribution in [0.15, 0.2) is 30.6 Å². The molecule has 0 unspecified atom stereocenters. The van der Waals surface area contributed by atoms with Crippen molar-refractivity contribution in [2.24, 2.45) is 0 Å². The summed E-state index contributed by atoms with van der Waals surface area (Å²) >= 11 is 0. The van der Waals surface area contributed by atoms with Gasteiger partial charge in [0.15, 0.2) is 0 Å². The van der Waals surface area contributed by atoms with Gasteiger partial charge in [0.25, 0.3) is 0 Å². The Hall–Kier alpha value is -1.94. The predicted octanol–water partition coefficient (Wildman–Crippen LogP) is 2.19. The molecule has 0 fully saturated rings. The number of aliphatic hydroxyl groups is 1. The average Bonchev–Trinajstić information content (AvgIpc) is 2.42. The molecule has 0 radical (unpaired) electrons. The average molecular weight is 257 g/mol. The summed E-state index contributed by atoms with van der Waals surface area (Å²) in [6.07, 6.45) is 3.66. The lowest BCUT2D eigenvalue weighted by Crippen LogP contribution is -2.23. The van der Waals surface area contributed by atoms with Crippen molar-refractivity contribution in [2.45, 2.75) is 13.8 Å². The Bertz CT molecular complexity index is 552. The minimum atomic E-state index is 0.0958. The second-order valence-corrected chi connectivity index (χ2v) is 4.74. The summed E-state index contributed by atoms with van der Waals surface area (Å²) in [5.74, 6) is 0.628. The van der Waals surface area contributed by atoms with Crippen LogP contribution in [0.1, 0.15) is 11.1 Å². The van der Waals surface area contributed by atoms with Gasteiger partial charge in [-0.1, -0.05) is 23.8 Å². The van der Waals surface area contributed by atoms with Crippen LogP contribution < -0.4 is 4.90 Å². The Morgan fingerprint density at radius 1 is 1.16 bits per heavy atom. The predicted molar refractivity (Wildman–Crippen MR) is 77.3 cm³/mol. The highest BCUT2D eigenvalue weighted by Crippen LogP contribution is 2.23. The molecular formula is C15H19N3O. The van der Waals surface area contributed by atoms with Gasteiger partial charge in [0.2, 0.25) is 5.95 Å². The molecular weight excluding hydrogens is 238 g/mol. The Balaban J connectivity index is 2.29. The number of hydrogen-bond acceptors (Lipinski definition) is 4. The second kappa shape index (κ2) is 5.80. The van der Waals surface area contributed by atoms with Crippen LogP contribution in [0, 0.1) is 13.8 Å². The van der Waals surface area contributed by atoms with Crippen LogP contribution in [0.2, 0.25) is 0 Å². The number of aryl methyl sites for hydroxylation is 2. The minimum absolute atomic E-state index is 0.0958. The SMILES string of the molecule is Cc1ccc(C)c(-c2cnc(N(C)CCO)nc2)c1. The highest BCUT2D eigenvalue weighted by atomic mass is 16.3. The summed E-state index contributed by atoms with van der Waals surface area (Å²) in [5, 5.41) is 8.90. The first kappa shape index (κ1) is 13.5. The van der Waals surface area contributed by atoms with Gasteiger partial charge >= 0.3 is 0 Å². The molecule has 19 heavy (non-hydrogen) atoms. The maximum absolute atomic E-state index is 8.90. The maximum atomic E-state index is 8.90. The van der Waals surface area contributed by atoms with Crippen LogP contribution in [0.4, 0.5) is 5.95 Å². The van der Waals surface area contributed by atoms with E-state index in [9.17, 15) is 0 Å². The largest absolute Gasteiger partial charge is 0.395 e. The van der Waals surface area contributed by atoms with Gasteiger partial charge in [-0.25, -0.2) is 9.97 Å². The first-order valence-corrected chi connectivity index (χ1v) is 6.33. The van der Waals surface area contributed by atoms with E-state index in [1.54, 1.807) is 0 Å². The van der Waals surface area contributed by atoms with Crippen LogP contribution in [0.25, 0.3) is 11.1 Å². The summed E-state index contributed by atoms with van der Waals surface area (Å²) in [5.41, 5.74) is 4.62. The number of likely N-dealkylation sites (N-methyl/N-ethyl adjacent to an activating group) is 1. The van der Waals surface area contributed by atoms with E-state index in [0.29, 0.717) is 12.5 Å². The maximum Gasteiger partial charge on any atom is 0.225 e. The van der Waals surface area contributed by atoms with Crippen molar-refractivity contribution in [3.8, 4) is 11.1 Å². The Kier molecular flexibility index (Phi) is 4.12. The highest BCUT2D eigenvalue weighted by molar-refractivity contribution is 5.66. The molecule has 2 aromatic rings. The summed E-state index contributed by atoms with van der Waals surface area (Å²) in [4.78, 5) is 10.5. The standard InChI is InChI=1S/C15H19N3O/c1-11-4-5-12(2)14(8-11)13-9-16-15(17-10-13)18(3)6-7-19/h4-5,8-10,19H,6-7H2,1-3H3. The van der Waals surface area contributed by atoms with Gasteiger partial charge in [-0.2, -0.15) is 0 Å². The molecule has 2 rings (SSSR count). The van der Waals surface area contributed by atoms with E-state index < -0.39 is 0 Å². The molecule has 1 N–H and O–H groups in total. The van der Waals surface area contributed by atoms with Crippen LogP contribution >= 0.6 is 0 Å². The summed E-state index contributed by atoms with van der Waals surface area (Å²) in [7, 11) is 1.86. The van der Waals surface area contributed by atoms with Gasteiger partial charge in [0, 0.05) is 31.5 Å². The number of nitrogens with zero attached hydrogens (tertiary/aromatic N) is 3. The first-order valence-electron chi connectivity index (χ1n) is 6.33. The van der Waals surface area contributed by atoms with Crippen LogP contribution in [-0.2, 0) is 0 Å². The van der Waals surface area contributed by atoms with E-state index in [2.05, 4.69) is 42.0 Å². The lowest BCUT2D eigenvalue weighted by atomic mass is 10.0. The first-order chi connectivity index (χ1) is 9.11. The van der Waals surface area contributed by atoms with Crippen molar-refractivity contribution in [1.82, 2.24) is 9.97 Å². The zero-order valence-electron chi connectivity index (χ0n) is 11.6. The molecule has 0 aliphatic rings. The third kappa shape index (κ3) is 3.09. The molecule has 100 valence electrons. The lowest BCUT2D eigenvalue weighted by Gasteiger charge is -2.15. The van der Waals surface area contributed by atoms with Crippen LogP contribution in [0.3, 0.4) is 0 Å². The normalized spacial score (nSPS) is 10.5. The van der Waals surface area contributed by atoms with Gasteiger partial charge in [0.05, 0.1) is 6.61 Å². The van der Waals surface area contributed by atoms with E-state index in [-0.39, 0.29) is 6.61 Å². The zero-order valence-corrected chi connectivity index (χ0v) is 11.6. The van der Waals surface area contributed by atoms with E-state index >= 15 is 0 Å². The smallest absolute Gasteiger partial charge is 0.225 e. The molecule has 0 amide bonds. The van der Waals surface area contributed by atoms with Crippen molar-refractivity contribution < 1.29 is 5.11 Å². The Morgan fingerprint density at radius 2 is 1.84 bits per heavy atom. The fraction of sp³-hybridized carbons (Fsp3) is 0.333. The van der Waals surface area contributed by atoms with Gasteiger partial charge in [0.1, 0.15) is 0 Å². The molecule has 0 spiro atoms. The molecule has 1 aromatic heterocycles. The lowest BCUT2D eigenvalue weighted by molar-refractivity contribution is 0.303. The number of rotatable bonds is 4. The molecule has 0 aliphatic carbocycles. The molecule has 0 saturated carbocycles. The van der Waals surface area contributed by atoms with Crippen molar-refractivity contribution in [3.63, 3.8) is 0 Å². The highest BCUT2D eigenvalue weighted by Gasteiger charge is 2.06. The molecule has 1 aromatic carbocycles. The molecule has 0 saturated heterocycles. The zero-order chi connectivity index (χ0) is 13.8. The molecule has 0 bridgehead atoms. The third-order valence-electron chi connectivity index (χ3n) is 3.12. The molecule has 0 atom stereocenters. The Morgan fingerprint density at radius 3 is 2.47 bits per heavy atom. The quantitative estimate of drug-likeness (QED) is 0.912. The summed E-state index contributed by atoms with van der Waals surface area (Å²) in [6, 6.07) is 6.35. The molecule has 4 nitrogen and oxygen atoms in total. The number of anilines is 1. The second-order valence-electron chi connectivity index (χ2n) is 4.74. The fourth-order valence-electron chi connectivity index (χ4n) is 1.95. The fourth-order valence-corrected chi connectivity index (χ4v) is 1.95. The van der Waals surface area contributed by atoms with Crippen molar-refractivity contribution in [1.29, 1.82) is 0 Å². The number of benzene rings is 1. The van der Waals surface area contributed by atoms with Crippen LogP contribution in [0.5, 0.6) is 0 Å². The Labute approximate surface area is 113 Å². The third-order valence-corrected chi connectivity index (χ3v) is 3.12. The van der Waals surface area contributed by atoms with E-state index in [1.807, 2.05) is 24.3 Å². The van der Waals surface area contributed by atoms with E-state index in [1.165, 1.54) is 11.1 Å². The summed E-state index contributed by atoms with van der Waals surface area (Å²) in [6.45, 7) is 4.79. The number of hydrogen-bond donors (Lipinski definition) is 1. The monoisotopic (exact) mass is 257 g/mol. The molecule has 4 heteroatoms. The minimum Gasteiger partial charge on any atom is -0.395 e. The van der Waals surface area contributed by atoms with Crippen molar-refractivity contribution in [3.05, 3.63) is 41.7 Å². The van der Waals surface area contributed by atoms with Gasteiger partial charge in [-0.15, -0.1) is 0 Å². The van der Waals surface area contributed by atoms with Crippen LogP contribution in [-0.4, -0.2) is 35.3 Å². The van der Waals surface area contributed by atoms with Crippen molar-refractivity contribution in [2.75, 3.05) is 25.1 Å². The molecule has 1 heterocycles.